The van der Waals surface area contributed by atoms with Crippen LogP contribution >= 0.6 is 24.0 Å². The third-order valence-corrected chi connectivity index (χ3v) is 1.69. The summed E-state index contributed by atoms with van der Waals surface area (Å²) in [6.07, 6.45) is 0. The summed E-state index contributed by atoms with van der Waals surface area (Å²) in [5.74, 6) is 0.542. The molecule has 3 N–H and O–H groups in total. The number of halogens is 1. The van der Waals surface area contributed by atoms with Crippen molar-refractivity contribution < 1.29 is 9.53 Å². The number of ether oxygens (including phenoxy) is 1. The summed E-state index contributed by atoms with van der Waals surface area (Å²) < 4.78 is 4.82. The van der Waals surface area contributed by atoms with Crippen molar-refractivity contribution >= 4 is 35.8 Å². The molecule has 0 unspecified atom stereocenters. The summed E-state index contributed by atoms with van der Waals surface area (Å²) in [4.78, 5) is 15.3. The summed E-state index contributed by atoms with van der Waals surface area (Å²) in [5.41, 5.74) is 0. The number of carbonyl (C=O) groups excluding carboxylic acids is 1. The van der Waals surface area contributed by atoms with Crippen molar-refractivity contribution in [1.29, 1.82) is 0 Å². The number of carbonyl (C=O) groups is 1. The molecule has 0 aromatic carbocycles. The minimum atomic E-state index is -0.0799. The smallest absolute Gasteiger partial charge is 0.239 e. The Morgan fingerprint density at radius 3 is 2.47 bits per heavy atom. The molecule has 0 saturated heterocycles. The van der Waals surface area contributed by atoms with Crippen molar-refractivity contribution in [2.75, 3.05) is 33.9 Å². The Balaban J connectivity index is 0. The Labute approximate surface area is 120 Å². The lowest BCUT2D eigenvalue weighted by Crippen LogP contribution is -2.45. The number of guanidine groups is 1. The molecule has 0 aliphatic carbocycles. The first-order valence-electron chi connectivity index (χ1n) is 5.33. The molecule has 0 spiro atoms. The van der Waals surface area contributed by atoms with E-state index in [1.807, 2.05) is 13.8 Å². The Hall–Kier alpha value is -0.570. The van der Waals surface area contributed by atoms with Gasteiger partial charge in [0.05, 0.1) is 13.2 Å². The fourth-order valence-electron chi connectivity index (χ4n) is 0.987. The molecule has 0 radical (unpaired) electrons. The van der Waals surface area contributed by atoms with E-state index in [4.69, 9.17) is 4.74 Å². The van der Waals surface area contributed by atoms with Crippen LogP contribution in [0.3, 0.4) is 0 Å². The second kappa shape index (κ2) is 11.9. The maximum absolute atomic E-state index is 11.3. The molecule has 0 bridgehead atoms. The highest BCUT2D eigenvalue weighted by Gasteiger charge is 2.03. The van der Waals surface area contributed by atoms with Crippen molar-refractivity contribution in [1.82, 2.24) is 16.0 Å². The topological polar surface area (TPSA) is 74.8 Å². The van der Waals surface area contributed by atoms with Gasteiger partial charge in [0.15, 0.2) is 5.96 Å². The number of hydrogen-bond acceptors (Lipinski definition) is 3. The van der Waals surface area contributed by atoms with E-state index in [2.05, 4.69) is 20.9 Å². The highest BCUT2D eigenvalue weighted by atomic mass is 127. The zero-order valence-electron chi connectivity index (χ0n) is 10.9. The first kappa shape index (κ1) is 18.8. The highest BCUT2D eigenvalue weighted by Crippen LogP contribution is 1.77. The van der Waals surface area contributed by atoms with Gasteiger partial charge in [0, 0.05) is 26.7 Å². The molecule has 0 aliphatic heterocycles. The lowest BCUT2D eigenvalue weighted by Gasteiger charge is -2.14. The molecule has 102 valence electrons. The van der Waals surface area contributed by atoms with Crippen molar-refractivity contribution in [2.24, 2.45) is 4.99 Å². The zero-order valence-corrected chi connectivity index (χ0v) is 13.2. The fraction of sp³-hybridized carbons (Fsp3) is 0.800. The number of hydrogen-bond donors (Lipinski definition) is 3. The Morgan fingerprint density at radius 1 is 1.35 bits per heavy atom. The fourth-order valence-corrected chi connectivity index (χ4v) is 0.987. The average Bonchev–Trinajstić information content (AvgIpc) is 2.24. The summed E-state index contributed by atoms with van der Waals surface area (Å²) >= 11 is 0. The van der Waals surface area contributed by atoms with Gasteiger partial charge < -0.3 is 20.7 Å². The second-order valence-electron chi connectivity index (χ2n) is 3.57. The van der Waals surface area contributed by atoms with Crippen molar-refractivity contribution in [3.8, 4) is 0 Å². The maximum Gasteiger partial charge on any atom is 0.239 e. The van der Waals surface area contributed by atoms with Crippen LogP contribution < -0.4 is 16.0 Å². The molecule has 0 aromatic heterocycles. The monoisotopic (exact) mass is 358 g/mol. The first-order valence-corrected chi connectivity index (χ1v) is 5.33. The van der Waals surface area contributed by atoms with Gasteiger partial charge in [0.1, 0.15) is 0 Å². The quantitative estimate of drug-likeness (QED) is 0.269. The number of nitrogens with one attached hydrogen (secondary N) is 3. The molecule has 0 aliphatic rings. The zero-order chi connectivity index (χ0) is 12.4. The number of rotatable bonds is 6. The van der Waals surface area contributed by atoms with Crippen molar-refractivity contribution in [3.05, 3.63) is 0 Å². The van der Waals surface area contributed by atoms with Crippen LogP contribution in [0, 0.1) is 0 Å². The van der Waals surface area contributed by atoms with Gasteiger partial charge in [-0.15, -0.1) is 24.0 Å². The van der Waals surface area contributed by atoms with E-state index in [9.17, 15) is 4.79 Å². The summed E-state index contributed by atoms with van der Waals surface area (Å²) in [5, 5.41) is 8.71. The lowest BCUT2D eigenvalue weighted by molar-refractivity contribution is -0.120. The minimum Gasteiger partial charge on any atom is -0.383 e. The number of amides is 1. The van der Waals surface area contributed by atoms with Gasteiger partial charge in [-0.2, -0.15) is 0 Å². The minimum absolute atomic E-state index is 0. The number of aliphatic imine (C=N–C) groups is 1. The Kier molecular flexibility index (Phi) is 13.2. The van der Waals surface area contributed by atoms with Gasteiger partial charge in [-0.3, -0.25) is 9.79 Å². The van der Waals surface area contributed by atoms with Crippen LogP contribution in [-0.4, -0.2) is 51.8 Å². The van der Waals surface area contributed by atoms with Crippen LogP contribution in [0.1, 0.15) is 13.8 Å². The van der Waals surface area contributed by atoms with Gasteiger partial charge in [-0.25, -0.2) is 0 Å². The van der Waals surface area contributed by atoms with Crippen LogP contribution in [0.25, 0.3) is 0 Å². The molecule has 1 amide bonds. The van der Waals surface area contributed by atoms with Gasteiger partial charge in [-0.05, 0) is 13.8 Å². The normalized spacial score (nSPS) is 10.8. The SMILES string of the molecule is CN=C(NCC(=O)NCCOC)NC(C)C.I. The molecule has 0 atom stereocenters. The van der Waals surface area contributed by atoms with Crippen LogP contribution in [0.5, 0.6) is 0 Å². The molecule has 7 heteroatoms. The standard InChI is InChI=1S/C10H22N4O2.HI/c1-8(2)14-10(11-3)13-7-9(15)12-5-6-16-4;/h8H,5-7H2,1-4H3,(H,12,15)(H2,11,13,14);1H. The van der Waals surface area contributed by atoms with Crippen molar-refractivity contribution in [2.45, 2.75) is 19.9 Å². The first-order chi connectivity index (χ1) is 7.60. The van der Waals surface area contributed by atoms with E-state index in [0.717, 1.165) is 0 Å². The molecule has 17 heavy (non-hydrogen) atoms. The van der Waals surface area contributed by atoms with Gasteiger partial charge >= 0.3 is 0 Å². The van der Waals surface area contributed by atoms with Crippen LogP contribution in [-0.2, 0) is 9.53 Å². The summed E-state index contributed by atoms with van der Waals surface area (Å²) in [7, 11) is 3.26. The Morgan fingerprint density at radius 2 is 2.00 bits per heavy atom. The van der Waals surface area contributed by atoms with E-state index in [1.54, 1.807) is 14.2 Å². The number of methoxy groups -OCH3 is 1. The predicted molar refractivity (Wildman–Crippen MR) is 79.9 cm³/mol. The van der Waals surface area contributed by atoms with Crippen LogP contribution in [0.2, 0.25) is 0 Å². The summed E-state index contributed by atoms with van der Waals surface area (Å²) in [6, 6.07) is 0.280. The molecule has 0 saturated carbocycles. The highest BCUT2D eigenvalue weighted by molar-refractivity contribution is 14.0. The maximum atomic E-state index is 11.3. The van der Waals surface area contributed by atoms with E-state index in [1.165, 1.54) is 0 Å². The van der Waals surface area contributed by atoms with Gasteiger partial charge in [-0.1, -0.05) is 0 Å². The predicted octanol–water partition coefficient (Wildman–Crippen LogP) is -0.0596. The largest absolute Gasteiger partial charge is 0.383 e. The van der Waals surface area contributed by atoms with Crippen molar-refractivity contribution in [3.63, 3.8) is 0 Å². The molecule has 0 rings (SSSR count). The molecule has 0 aromatic rings. The summed E-state index contributed by atoms with van der Waals surface area (Å²) in [6.45, 7) is 5.26. The van der Waals surface area contributed by atoms with E-state index < -0.39 is 0 Å². The van der Waals surface area contributed by atoms with Gasteiger partial charge in [0.2, 0.25) is 5.91 Å². The third kappa shape index (κ3) is 11.7. The van der Waals surface area contributed by atoms with Crippen LogP contribution in [0.4, 0.5) is 0 Å². The third-order valence-electron chi connectivity index (χ3n) is 1.69. The molecule has 0 fully saturated rings. The second-order valence-corrected chi connectivity index (χ2v) is 3.57. The molecule has 6 nitrogen and oxygen atoms in total. The number of nitrogens with zero attached hydrogens (tertiary/aromatic N) is 1. The molecular formula is C10H23IN4O2. The van der Waals surface area contributed by atoms with E-state index in [-0.39, 0.29) is 42.5 Å². The van der Waals surface area contributed by atoms with Gasteiger partial charge in [0.25, 0.3) is 0 Å². The lowest BCUT2D eigenvalue weighted by atomic mass is 10.4. The van der Waals surface area contributed by atoms with E-state index >= 15 is 0 Å². The van der Waals surface area contributed by atoms with E-state index in [0.29, 0.717) is 19.1 Å². The Bertz CT molecular complexity index is 234. The average molecular weight is 358 g/mol. The van der Waals surface area contributed by atoms with Crippen LogP contribution in [0.15, 0.2) is 4.99 Å². The molecule has 0 heterocycles. The molecular weight excluding hydrogens is 335 g/mol.